The van der Waals surface area contributed by atoms with Crippen LogP contribution in [0.2, 0.25) is 0 Å². The molecule has 1 N–H and O–H groups in total. The number of aryl methyl sites for hydroxylation is 3. The van der Waals surface area contributed by atoms with Gasteiger partial charge in [-0.25, -0.2) is 9.78 Å². The first kappa shape index (κ1) is 24.0. The van der Waals surface area contributed by atoms with Crippen LogP contribution in [-0.2, 0) is 15.0 Å². The van der Waals surface area contributed by atoms with Gasteiger partial charge in [0, 0.05) is 35.0 Å². The van der Waals surface area contributed by atoms with Gasteiger partial charge < -0.3 is 9.73 Å². The van der Waals surface area contributed by atoms with Gasteiger partial charge in [-0.3, -0.25) is 14.5 Å². The number of hydrogen-bond donors (Lipinski definition) is 1. The van der Waals surface area contributed by atoms with Gasteiger partial charge in [0.25, 0.3) is 0 Å². The van der Waals surface area contributed by atoms with E-state index in [2.05, 4.69) is 32.2 Å². The van der Waals surface area contributed by atoms with Gasteiger partial charge in [0.1, 0.15) is 11.2 Å². The number of amides is 1. The Morgan fingerprint density at radius 3 is 2.59 bits per heavy atom. The maximum absolute atomic E-state index is 14.2. The Hall–Kier alpha value is -4.04. The van der Waals surface area contributed by atoms with Crippen molar-refractivity contribution >= 4 is 49.8 Å². The maximum atomic E-state index is 14.2. The monoisotopic (exact) mass is 537 g/mol. The van der Waals surface area contributed by atoms with Gasteiger partial charge in [0.05, 0.1) is 21.5 Å². The molecule has 4 aromatic rings. The molecule has 7 rings (SSSR count). The fraction of sp³-hybridized carbons (Fsp3) is 0.290. The highest BCUT2D eigenvalue weighted by molar-refractivity contribution is 7.22. The van der Waals surface area contributed by atoms with E-state index in [1.54, 1.807) is 19.1 Å². The van der Waals surface area contributed by atoms with Crippen LogP contribution in [0.4, 0.5) is 16.5 Å². The van der Waals surface area contributed by atoms with E-state index in [1.165, 1.54) is 11.3 Å². The van der Waals surface area contributed by atoms with Crippen LogP contribution in [0, 0.1) is 26.2 Å². The summed E-state index contributed by atoms with van der Waals surface area (Å²) in [4.78, 5) is 49.1. The molecule has 1 atom stereocenters. The summed E-state index contributed by atoms with van der Waals surface area (Å²) in [5.41, 5.74) is 3.48. The number of carbonyl (C=O) groups is 2. The van der Waals surface area contributed by atoms with Crippen molar-refractivity contribution in [3.63, 3.8) is 0 Å². The molecule has 4 heterocycles. The fourth-order valence-electron chi connectivity index (χ4n) is 6.73. The fourth-order valence-corrected chi connectivity index (χ4v) is 7.78. The molecule has 1 amide bonds. The van der Waals surface area contributed by atoms with Crippen molar-refractivity contribution in [3.8, 4) is 0 Å². The summed E-state index contributed by atoms with van der Waals surface area (Å²) in [7, 11) is 0. The predicted molar refractivity (Wildman–Crippen MR) is 152 cm³/mol. The van der Waals surface area contributed by atoms with Crippen LogP contribution in [0.25, 0.3) is 10.2 Å². The third kappa shape index (κ3) is 3.15. The topological polar surface area (TPSA) is 92.5 Å². The molecule has 0 radical (unpaired) electrons. The lowest BCUT2D eigenvalue weighted by Crippen LogP contribution is -2.51. The zero-order chi connectivity index (χ0) is 27.4. The van der Waals surface area contributed by atoms with Crippen LogP contribution in [0.1, 0.15) is 54.7 Å². The SMILES string of the molecule is Cc1cc(C)c2sc(N3C4=C(C(=O)CC(C)(C)C4)C4(C(=O)Nc5ccccc54)c4c3cc(C)oc4=O)nc2c1. The number of thiazole rings is 1. The summed E-state index contributed by atoms with van der Waals surface area (Å²) < 4.78 is 6.69. The molecule has 2 aromatic carbocycles. The quantitative estimate of drug-likeness (QED) is 0.310. The number of allylic oxidation sites excluding steroid dienone is 1. The van der Waals surface area contributed by atoms with Crippen LogP contribution in [-0.4, -0.2) is 16.7 Å². The van der Waals surface area contributed by atoms with E-state index in [9.17, 15) is 14.4 Å². The highest BCUT2D eigenvalue weighted by Crippen LogP contribution is 2.59. The van der Waals surface area contributed by atoms with Gasteiger partial charge >= 0.3 is 5.63 Å². The molecule has 3 aliphatic rings. The van der Waals surface area contributed by atoms with Crippen LogP contribution >= 0.6 is 11.3 Å². The number of nitrogens with zero attached hydrogens (tertiary/aromatic N) is 2. The summed E-state index contributed by atoms with van der Waals surface area (Å²) in [6.45, 7) is 9.95. The zero-order valence-electron chi connectivity index (χ0n) is 22.4. The van der Waals surface area contributed by atoms with Crippen molar-refractivity contribution in [2.45, 2.75) is 52.9 Å². The molecular weight excluding hydrogens is 510 g/mol. The second-order valence-electron chi connectivity index (χ2n) is 11.7. The molecule has 0 bridgehead atoms. The molecule has 0 saturated heterocycles. The van der Waals surface area contributed by atoms with Crippen molar-refractivity contribution in [2.75, 3.05) is 10.2 Å². The minimum absolute atomic E-state index is 0.142. The lowest BCUT2D eigenvalue weighted by molar-refractivity contribution is -0.123. The van der Waals surface area contributed by atoms with Crippen LogP contribution < -0.4 is 15.8 Å². The molecule has 2 aromatic heterocycles. The van der Waals surface area contributed by atoms with Crippen LogP contribution in [0.15, 0.2) is 62.9 Å². The second kappa shape index (κ2) is 7.76. The number of hydrogen-bond acceptors (Lipinski definition) is 7. The zero-order valence-corrected chi connectivity index (χ0v) is 23.2. The number of fused-ring (bicyclic) bond motifs is 6. The number of anilines is 3. The predicted octanol–water partition coefficient (Wildman–Crippen LogP) is 6.21. The normalized spacial score (nSPS) is 21.3. The average molecular weight is 538 g/mol. The van der Waals surface area contributed by atoms with Crippen molar-refractivity contribution in [3.05, 3.63) is 92.2 Å². The van der Waals surface area contributed by atoms with E-state index in [-0.39, 0.29) is 23.2 Å². The summed E-state index contributed by atoms with van der Waals surface area (Å²) >= 11 is 1.53. The number of Topliss-reactive ketones (excluding diaryl/α,β-unsaturated/α-hetero) is 1. The number of rotatable bonds is 1. The number of aromatic nitrogens is 1. The average Bonchev–Trinajstić information content (AvgIpc) is 3.37. The van der Waals surface area contributed by atoms with Crippen molar-refractivity contribution in [1.82, 2.24) is 4.98 Å². The van der Waals surface area contributed by atoms with E-state index in [1.807, 2.05) is 36.1 Å². The Morgan fingerprint density at radius 2 is 1.79 bits per heavy atom. The summed E-state index contributed by atoms with van der Waals surface area (Å²) in [6, 6.07) is 13.3. The van der Waals surface area contributed by atoms with Crippen LogP contribution in [0.3, 0.4) is 0 Å². The van der Waals surface area contributed by atoms with Gasteiger partial charge in [-0.1, -0.05) is 49.4 Å². The smallest absolute Gasteiger partial charge is 0.343 e. The molecule has 8 heteroatoms. The molecule has 0 saturated carbocycles. The lowest BCUT2D eigenvalue weighted by Gasteiger charge is -2.46. The third-order valence-electron chi connectivity index (χ3n) is 8.09. The van der Waals surface area contributed by atoms with Gasteiger partial charge in [-0.15, -0.1) is 0 Å². The van der Waals surface area contributed by atoms with Crippen molar-refractivity contribution < 1.29 is 14.0 Å². The first-order chi connectivity index (χ1) is 18.5. The van der Waals surface area contributed by atoms with E-state index < -0.39 is 16.9 Å². The van der Waals surface area contributed by atoms with Gasteiger partial charge in [0.15, 0.2) is 10.9 Å². The summed E-state index contributed by atoms with van der Waals surface area (Å²) in [5.74, 6) is -0.127. The minimum atomic E-state index is -1.59. The molecule has 1 aliphatic carbocycles. The second-order valence-corrected chi connectivity index (χ2v) is 12.7. The molecule has 1 spiro atoms. The largest absolute Gasteiger partial charge is 0.428 e. The first-order valence-electron chi connectivity index (χ1n) is 13.0. The number of para-hydroxylation sites is 1. The summed E-state index contributed by atoms with van der Waals surface area (Å²) in [6.07, 6.45) is 0.805. The van der Waals surface area contributed by atoms with Gasteiger partial charge in [-0.05, 0) is 55.9 Å². The molecule has 7 nitrogen and oxygen atoms in total. The number of ketones is 1. The third-order valence-corrected chi connectivity index (χ3v) is 9.28. The Morgan fingerprint density at radius 1 is 1.03 bits per heavy atom. The number of carbonyl (C=O) groups excluding carboxylic acids is 2. The summed E-state index contributed by atoms with van der Waals surface area (Å²) in [5, 5.41) is 3.62. The standard InChI is InChI=1S/C31H27N3O4S/c1-15-10-16(2)26-20(11-15)33-29(39-26)34-21-12-17(3)38-27(36)25(21)31(18-8-6-7-9-19(18)32-28(31)37)24-22(34)13-30(4,5)14-23(24)35/h6-12H,13-14H2,1-5H3,(H,32,37). The molecule has 1 unspecified atom stereocenters. The Kier molecular flexibility index (Phi) is 4.78. The first-order valence-corrected chi connectivity index (χ1v) is 13.8. The highest BCUT2D eigenvalue weighted by atomic mass is 32.1. The van der Waals surface area contributed by atoms with Crippen molar-refractivity contribution in [2.24, 2.45) is 5.41 Å². The molecule has 39 heavy (non-hydrogen) atoms. The van der Waals surface area contributed by atoms with Gasteiger partial charge in [0.2, 0.25) is 5.91 Å². The highest BCUT2D eigenvalue weighted by Gasteiger charge is 2.61. The Bertz CT molecular complexity index is 1880. The minimum Gasteiger partial charge on any atom is -0.428 e. The van der Waals surface area contributed by atoms with E-state index >= 15 is 0 Å². The number of nitrogens with one attached hydrogen (secondary N) is 1. The number of benzene rings is 2. The maximum Gasteiger partial charge on any atom is 0.343 e. The molecule has 0 fully saturated rings. The van der Waals surface area contributed by atoms with Crippen LogP contribution in [0.5, 0.6) is 0 Å². The van der Waals surface area contributed by atoms with Crippen molar-refractivity contribution in [1.29, 1.82) is 0 Å². The van der Waals surface area contributed by atoms with E-state index in [0.29, 0.717) is 45.5 Å². The molecule has 2 aliphatic heterocycles. The Balaban J connectivity index is 1.65. The Labute approximate surface area is 229 Å². The van der Waals surface area contributed by atoms with Gasteiger partial charge in [-0.2, -0.15) is 0 Å². The van der Waals surface area contributed by atoms with E-state index in [0.717, 1.165) is 21.3 Å². The molecular formula is C31H27N3O4S. The lowest BCUT2D eigenvalue weighted by atomic mass is 9.60. The van der Waals surface area contributed by atoms with E-state index in [4.69, 9.17) is 9.40 Å². The molecule has 196 valence electrons.